The number of aryl methyl sites for hydroxylation is 1. The van der Waals surface area contributed by atoms with Gasteiger partial charge in [-0.2, -0.15) is 0 Å². The molecule has 0 bridgehead atoms. The average molecular weight is 302 g/mol. The van der Waals surface area contributed by atoms with Crippen molar-refractivity contribution in [2.24, 2.45) is 11.8 Å². The lowest BCUT2D eigenvalue weighted by Crippen LogP contribution is -2.28. The Bertz CT molecular complexity index is 520. The molecule has 3 heteroatoms. The molecule has 0 saturated heterocycles. The van der Waals surface area contributed by atoms with Crippen molar-refractivity contribution >= 4 is 11.3 Å². The van der Waals surface area contributed by atoms with Gasteiger partial charge in [0.15, 0.2) is 0 Å². The first kappa shape index (κ1) is 16.2. The van der Waals surface area contributed by atoms with Crippen LogP contribution in [-0.4, -0.2) is 18.1 Å². The molecule has 2 nitrogen and oxygen atoms in total. The van der Waals surface area contributed by atoms with Crippen molar-refractivity contribution in [1.29, 1.82) is 0 Å². The zero-order chi connectivity index (χ0) is 15.1. The second-order valence-corrected chi connectivity index (χ2v) is 7.25. The Kier molecular flexibility index (Phi) is 6.40. The molecule has 0 spiro atoms. The number of nitrogens with zero attached hydrogens (tertiary/aromatic N) is 1. The minimum Gasteiger partial charge on any atom is -0.316 e. The smallest absolute Gasteiger partial charge is 0.0794 e. The topological polar surface area (TPSA) is 24.9 Å². The van der Waals surface area contributed by atoms with Crippen LogP contribution in [-0.2, 0) is 12.8 Å². The molecular weight excluding hydrogens is 276 g/mol. The van der Waals surface area contributed by atoms with E-state index < -0.39 is 0 Å². The molecule has 114 valence electrons. The number of hydrogen-bond donors (Lipinski definition) is 1. The molecule has 2 aromatic rings. The van der Waals surface area contributed by atoms with E-state index in [0.717, 1.165) is 25.9 Å². The van der Waals surface area contributed by atoms with Crippen LogP contribution in [0, 0.1) is 18.8 Å². The van der Waals surface area contributed by atoms with Crippen LogP contribution in [0.1, 0.15) is 29.9 Å². The molecule has 1 aromatic carbocycles. The minimum atomic E-state index is 0.631. The van der Waals surface area contributed by atoms with E-state index >= 15 is 0 Å². The van der Waals surface area contributed by atoms with Gasteiger partial charge in [-0.25, -0.2) is 0 Å². The van der Waals surface area contributed by atoms with Crippen molar-refractivity contribution in [3.8, 4) is 0 Å². The maximum atomic E-state index is 4.20. The first-order chi connectivity index (χ1) is 10.1. The largest absolute Gasteiger partial charge is 0.316 e. The third-order valence-electron chi connectivity index (χ3n) is 3.57. The summed E-state index contributed by atoms with van der Waals surface area (Å²) in [6.07, 6.45) is 4.25. The first-order valence-corrected chi connectivity index (χ1v) is 8.65. The number of thiazole rings is 1. The Hall–Kier alpha value is -1.19. The summed E-state index contributed by atoms with van der Waals surface area (Å²) in [6.45, 7) is 8.84. The van der Waals surface area contributed by atoms with Gasteiger partial charge in [0.25, 0.3) is 0 Å². The molecule has 0 radical (unpaired) electrons. The first-order valence-electron chi connectivity index (χ1n) is 7.77. The summed E-state index contributed by atoms with van der Waals surface area (Å²) in [5, 5.41) is 3.62. The Morgan fingerprint density at radius 3 is 2.71 bits per heavy atom. The molecular formula is C18H26N2S. The molecule has 2 rings (SSSR count). The van der Waals surface area contributed by atoms with Crippen molar-refractivity contribution in [3.63, 3.8) is 0 Å². The number of nitrogens with one attached hydrogen (secondary N) is 1. The van der Waals surface area contributed by atoms with Crippen LogP contribution < -0.4 is 5.32 Å². The summed E-state index contributed by atoms with van der Waals surface area (Å²) >= 11 is 1.77. The van der Waals surface area contributed by atoms with Gasteiger partial charge >= 0.3 is 0 Å². The Balaban J connectivity index is 1.96. The number of hydrogen-bond acceptors (Lipinski definition) is 3. The highest BCUT2D eigenvalue weighted by Crippen LogP contribution is 2.17. The zero-order valence-corrected chi connectivity index (χ0v) is 14.1. The molecule has 0 aliphatic carbocycles. The number of rotatable bonds is 8. The van der Waals surface area contributed by atoms with Gasteiger partial charge in [0.1, 0.15) is 0 Å². The third kappa shape index (κ3) is 5.98. The summed E-state index contributed by atoms with van der Waals surface area (Å²) in [5.41, 5.74) is 4.72. The van der Waals surface area contributed by atoms with Gasteiger partial charge in [0, 0.05) is 11.1 Å². The fourth-order valence-corrected chi connectivity index (χ4v) is 3.30. The molecule has 0 saturated carbocycles. The summed E-state index contributed by atoms with van der Waals surface area (Å²) in [6, 6.07) is 8.88. The molecule has 1 heterocycles. The summed E-state index contributed by atoms with van der Waals surface area (Å²) in [7, 11) is 0. The van der Waals surface area contributed by atoms with Crippen LogP contribution in [0.2, 0.25) is 0 Å². The van der Waals surface area contributed by atoms with Gasteiger partial charge in [-0.3, -0.25) is 4.98 Å². The van der Waals surface area contributed by atoms with Crippen molar-refractivity contribution in [3.05, 3.63) is 52.0 Å². The van der Waals surface area contributed by atoms with E-state index in [1.165, 1.54) is 16.0 Å². The Morgan fingerprint density at radius 2 is 2.05 bits per heavy atom. The summed E-state index contributed by atoms with van der Waals surface area (Å²) in [5.74, 6) is 1.33. The van der Waals surface area contributed by atoms with Gasteiger partial charge in [0.2, 0.25) is 0 Å². The molecule has 0 fully saturated rings. The van der Waals surface area contributed by atoms with Crippen LogP contribution in [0.4, 0.5) is 0 Å². The van der Waals surface area contributed by atoms with Crippen molar-refractivity contribution in [2.45, 2.75) is 33.6 Å². The van der Waals surface area contributed by atoms with E-state index in [-0.39, 0.29) is 0 Å². The van der Waals surface area contributed by atoms with Crippen LogP contribution in [0.5, 0.6) is 0 Å². The second kappa shape index (κ2) is 8.30. The second-order valence-electron chi connectivity index (χ2n) is 6.28. The maximum Gasteiger partial charge on any atom is 0.0794 e. The highest BCUT2D eigenvalue weighted by Gasteiger charge is 2.12. The van der Waals surface area contributed by atoms with Crippen LogP contribution >= 0.6 is 11.3 Å². The number of benzene rings is 1. The number of aromatic nitrogens is 1. The monoisotopic (exact) mass is 302 g/mol. The van der Waals surface area contributed by atoms with E-state index in [1.54, 1.807) is 11.3 Å². The molecule has 0 amide bonds. The molecule has 0 aliphatic heterocycles. The van der Waals surface area contributed by atoms with Gasteiger partial charge in [-0.1, -0.05) is 43.7 Å². The standard InChI is InChI=1S/C18H26N2S/c1-14(2)10-19-11-17(9-18-12-20-13-21-18)8-16-6-4-5-15(3)7-16/h4-7,12-14,17,19H,8-11H2,1-3H3. The lowest BCUT2D eigenvalue weighted by Gasteiger charge is -2.18. The highest BCUT2D eigenvalue weighted by molar-refractivity contribution is 7.09. The zero-order valence-electron chi connectivity index (χ0n) is 13.3. The molecule has 0 aliphatic rings. The van der Waals surface area contributed by atoms with E-state index in [2.05, 4.69) is 55.3 Å². The van der Waals surface area contributed by atoms with Crippen molar-refractivity contribution in [2.75, 3.05) is 13.1 Å². The quantitative estimate of drug-likeness (QED) is 0.794. The molecule has 1 N–H and O–H groups in total. The van der Waals surface area contributed by atoms with Crippen LogP contribution in [0.3, 0.4) is 0 Å². The van der Waals surface area contributed by atoms with E-state index in [9.17, 15) is 0 Å². The molecule has 1 atom stereocenters. The van der Waals surface area contributed by atoms with Crippen molar-refractivity contribution < 1.29 is 0 Å². The van der Waals surface area contributed by atoms with Gasteiger partial charge in [0.05, 0.1) is 5.51 Å². The average Bonchev–Trinajstić information content (AvgIpc) is 2.91. The van der Waals surface area contributed by atoms with Gasteiger partial charge < -0.3 is 5.32 Å². The summed E-state index contributed by atoms with van der Waals surface area (Å²) in [4.78, 5) is 5.59. The lowest BCUT2D eigenvalue weighted by atomic mass is 9.94. The van der Waals surface area contributed by atoms with Gasteiger partial charge in [-0.15, -0.1) is 11.3 Å². The fraction of sp³-hybridized carbons (Fsp3) is 0.500. The molecule has 1 aromatic heterocycles. The Morgan fingerprint density at radius 1 is 1.19 bits per heavy atom. The summed E-state index contributed by atoms with van der Waals surface area (Å²) < 4.78 is 0. The highest BCUT2D eigenvalue weighted by atomic mass is 32.1. The third-order valence-corrected chi connectivity index (χ3v) is 4.37. The van der Waals surface area contributed by atoms with Crippen LogP contribution in [0.15, 0.2) is 36.0 Å². The van der Waals surface area contributed by atoms with Crippen LogP contribution in [0.25, 0.3) is 0 Å². The lowest BCUT2D eigenvalue weighted by molar-refractivity contribution is 0.447. The normalized spacial score (nSPS) is 12.8. The minimum absolute atomic E-state index is 0.631. The fourth-order valence-electron chi connectivity index (χ4n) is 2.59. The Labute approximate surface area is 132 Å². The van der Waals surface area contributed by atoms with Crippen molar-refractivity contribution in [1.82, 2.24) is 10.3 Å². The van der Waals surface area contributed by atoms with E-state index in [1.807, 2.05) is 11.7 Å². The molecule has 21 heavy (non-hydrogen) atoms. The molecule has 1 unspecified atom stereocenters. The SMILES string of the molecule is Cc1cccc(CC(CNCC(C)C)Cc2cncs2)c1. The van der Waals surface area contributed by atoms with E-state index in [4.69, 9.17) is 0 Å². The van der Waals surface area contributed by atoms with E-state index in [0.29, 0.717) is 11.8 Å². The predicted molar refractivity (Wildman–Crippen MR) is 91.9 cm³/mol. The van der Waals surface area contributed by atoms with Gasteiger partial charge in [-0.05, 0) is 50.3 Å². The predicted octanol–water partition coefficient (Wildman–Crippen LogP) is 4.10. The maximum absolute atomic E-state index is 4.20.